The van der Waals surface area contributed by atoms with Crippen molar-refractivity contribution in [3.05, 3.63) is 106 Å². The van der Waals surface area contributed by atoms with Gasteiger partial charge in [0.15, 0.2) is 0 Å². The maximum atomic E-state index is 12.9. The number of carbonyl (C=O) groups is 1. The summed E-state index contributed by atoms with van der Waals surface area (Å²) in [5.41, 5.74) is 0.910. The Balaban J connectivity index is 1.35. The predicted octanol–water partition coefficient (Wildman–Crippen LogP) is 8.64. The fraction of sp³-hybridized carbons (Fsp3) is 0.281. The second-order valence-electron chi connectivity index (χ2n) is 10.2. The van der Waals surface area contributed by atoms with E-state index in [2.05, 4.69) is 6.92 Å². The van der Waals surface area contributed by atoms with E-state index in [1.54, 1.807) is 30.4 Å². The minimum Gasteiger partial charge on any atom is -0.493 e. The zero-order valence-corrected chi connectivity index (χ0v) is 23.3. The normalized spacial score (nSPS) is 13.8. The van der Waals surface area contributed by atoms with Crippen LogP contribution >= 0.6 is 11.3 Å². The molecule has 4 nitrogen and oxygen atoms in total. The molecule has 1 aromatic heterocycles. The van der Waals surface area contributed by atoms with E-state index in [1.807, 2.05) is 55.5 Å². The molecule has 8 heteroatoms. The van der Waals surface area contributed by atoms with E-state index in [1.165, 1.54) is 12.1 Å². The van der Waals surface area contributed by atoms with E-state index in [4.69, 9.17) is 9.47 Å². The molecule has 0 aliphatic carbocycles. The number of para-hydroxylation sites is 1. The maximum absolute atomic E-state index is 12.9. The number of hydrogen-bond donors (Lipinski definition) is 1. The number of rotatable bonds is 11. The van der Waals surface area contributed by atoms with E-state index in [9.17, 15) is 23.1 Å². The Morgan fingerprint density at radius 3 is 2.15 bits per heavy atom. The van der Waals surface area contributed by atoms with Gasteiger partial charge >= 0.3 is 12.1 Å². The summed E-state index contributed by atoms with van der Waals surface area (Å²) < 4.78 is 50.5. The monoisotopic (exact) mass is 568 g/mol. The largest absolute Gasteiger partial charge is 0.493 e. The van der Waals surface area contributed by atoms with E-state index < -0.39 is 23.1 Å². The molecule has 0 spiro atoms. The summed E-state index contributed by atoms with van der Waals surface area (Å²) in [5.74, 6) is 0.434. The zero-order chi connectivity index (χ0) is 28.9. The molecular formula is C32H31F3O4S. The molecule has 0 amide bonds. The molecule has 3 aromatic carbocycles. The van der Waals surface area contributed by atoms with Gasteiger partial charge in [-0.25, -0.2) is 0 Å². The molecule has 0 bridgehead atoms. The summed E-state index contributed by atoms with van der Waals surface area (Å²) >= 11 is 1.55. The molecule has 40 heavy (non-hydrogen) atoms. The van der Waals surface area contributed by atoms with Crippen molar-refractivity contribution < 1.29 is 32.5 Å². The second kappa shape index (κ2) is 12.2. The van der Waals surface area contributed by atoms with Gasteiger partial charge in [-0.2, -0.15) is 13.2 Å². The predicted molar refractivity (Wildman–Crippen MR) is 151 cm³/mol. The summed E-state index contributed by atoms with van der Waals surface area (Å²) in [7, 11) is 0. The molecule has 0 radical (unpaired) electrons. The quantitative estimate of drug-likeness (QED) is 0.197. The van der Waals surface area contributed by atoms with Crippen LogP contribution in [0.4, 0.5) is 13.2 Å². The molecule has 0 aliphatic heterocycles. The van der Waals surface area contributed by atoms with Crippen LogP contribution in [0.5, 0.6) is 11.5 Å². The van der Waals surface area contributed by atoms with Crippen molar-refractivity contribution in [3.63, 3.8) is 0 Å². The number of carboxylic acid groups (broad SMARTS) is 1. The van der Waals surface area contributed by atoms with Crippen LogP contribution < -0.4 is 9.47 Å². The highest BCUT2D eigenvalue weighted by atomic mass is 32.1. The average Bonchev–Trinajstić information content (AvgIpc) is 3.33. The fourth-order valence-electron chi connectivity index (χ4n) is 4.35. The van der Waals surface area contributed by atoms with Crippen LogP contribution in [0.25, 0.3) is 10.4 Å². The SMILES string of the molecule is Cc1cc(-c2ccc(C(F)(F)F)cc2)sc1C(C)COc1ccc(C[C@](C)(COc2ccccc2)C(=O)O)cc1. The van der Waals surface area contributed by atoms with E-state index in [0.29, 0.717) is 24.5 Å². The molecule has 0 aliphatic rings. The van der Waals surface area contributed by atoms with Gasteiger partial charge in [0.05, 0.1) is 12.2 Å². The Morgan fingerprint density at radius 2 is 1.55 bits per heavy atom. The van der Waals surface area contributed by atoms with Gasteiger partial charge in [0.25, 0.3) is 0 Å². The second-order valence-corrected chi connectivity index (χ2v) is 11.3. The molecule has 2 atom stereocenters. The third kappa shape index (κ3) is 7.24. The lowest BCUT2D eigenvalue weighted by molar-refractivity contribution is -0.149. The molecule has 1 heterocycles. The summed E-state index contributed by atoms with van der Waals surface area (Å²) in [4.78, 5) is 14.1. The summed E-state index contributed by atoms with van der Waals surface area (Å²) in [6.07, 6.45) is -4.06. The fourth-order valence-corrected chi connectivity index (χ4v) is 5.57. The number of halogens is 3. The zero-order valence-electron chi connectivity index (χ0n) is 22.5. The Hall–Kier alpha value is -3.78. The lowest BCUT2D eigenvalue weighted by Gasteiger charge is -2.25. The molecule has 4 aromatic rings. The van der Waals surface area contributed by atoms with Crippen molar-refractivity contribution in [3.8, 4) is 21.9 Å². The van der Waals surface area contributed by atoms with Crippen LogP contribution in [-0.4, -0.2) is 24.3 Å². The highest BCUT2D eigenvalue weighted by Gasteiger charge is 2.34. The maximum Gasteiger partial charge on any atom is 0.416 e. The molecule has 1 N–H and O–H groups in total. The van der Waals surface area contributed by atoms with Crippen molar-refractivity contribution in [2.45, 2.75) is 39.3 Å². The van der Waals surface area contributed by atoms with Crippen LogP contribution in [0.15, 0.2) is 84.9 Å². The Bertz CT molecular complexity index is 1410. The average molecular weight is 569 g/mol. The summed E-state index contributed by atoms with van der Waals surface area (Å²) in [5, 5.41) is 9.87. The minimum absolute atomic E-state index is 0.0384. The molecule has 1 unspecified atom stereocenters. The number of carboxylic acids is 1. The number of benzene rings is 3. The number of aliphatic carboxylic acids is 1. The molecular weight excluding hydrogens is 537 g/mol. The first-order chi connectivity index (χ1) is 18.9. The first-order valence-electron chi connectivity index (χ1n) is 12.9. The van der Waals surface area contributed by atoms with Crippen molar-refractivity contribution in [2.75, 3.05) is 13.2 Å². The number of alkyl halides is 3. The molecule has 210 valence electrons. The van der Waals surface area contributed by atoms with Gasteiger partial charge < -0.3 is 14.6 Å². The Morgan fingerprint density at radius 1 is 0.925 bits per heavy atom. The van der Waals surface area contributed by atoms with Crippen LogP contribution in [0.1, 0.15) is 41.3 Å². The smallest absolute Gasteiger partial charge is 0.416 e. The lowest BCUT2D eigenvalue weighted by Crippen LogP contribution is -2.36. The highest BCUT2D eigenvalue weighted by molar-refractivity contribution is 7.15. The van der Waals surface area contributed by atoms with E-state index >= 15 is 0 Å². The van der Waals surface area contributed by atoms with Gasteiger partial charge in [0.2, 0.25) is 0 Å². The van der Waals surface area contributed by atoms with E-state index in [0.717, 1.165) is 38.6 Å². The Labute approximate surface area is 236 Å². The van der Waals surface area contributed by atoms with Gasteiger partial charge in [-0.3, -0.25) is 4.79 Å². The Kier molecular flexibility index (Phi) is 8.88. The highest BCUT2D eigenvalue weighted by Crippen LogP contribution is 2.37. The topological polar surface area (TPSA) is 55.8 Å². The summed E-state index contributed by atoms with van der Waals surface area (Å²) in [6.45, 7) is 6.18. The molecule has 0 saturated heterocycles. The number of aryl methyl sites for hydroxylation is 1. The molecule has 0 saturated carbocycles. The van der Waals surface area contributed by atoms with Crippen LogP contribution in [0.3, 0.4) is 0 Å². The van der Waals surface area contributed by atoms with Gasteiger partial charge in [0, 0.05) is 15.7 Å². The van der Waals surface area contributed by atoms with Crippen LogP contribution in [0.2, 0.25) is 0 Å². The van der Waals surface area contributed by atoms with Gasteiger partial charge in [-0.05, 0) is 79.4 Å². The number of ether oxygens (including phenoxy) is 2. The first-order valence-corrected chi connectivity index (χ1v) is 13.7. The lowest BCUT2D eigenvalue weighted by atomic mass is 9.84. The van der Waals surface area contributed by atoms with Gasteiger partial charge in [0.1, 0.15) is 23.5 Å². The van der Waals surface area contributed by atoms with Crippen LogP contribution in [-0.2, 0) is 17.4 Å². The number of hydrogen-bond acceptors (Lipinski definition) is 4. The minimum atomic E-state index is -4.36. The number of thiophene rings is 1. The first kappa shape index (κ1) is 29.2. The standard InChI is InChI=1S/C32H31F3O4S/c1-21-17-28(24-11-13-25(14-12-24)32(33,34)35)40-29(21)22(2)19-38-27-15-9-23(10-16-27)18-31(3,30(36)37)20-39-26-7-5-4-6-8-26/h4-17,22H,18-20H2,1-3H3,(H,36,37)/t22?,31-/m1/s1. The molecule has 4 rings (SSSR count). The van der Waals surface area contributed by atoms with Gasteiger partial charge in [-0.15, -0.1) is 11.3 Å². The summed E-state index contributed by atoms with van der Waals surface area (Å²) in [6, 6.07) is 23.7. The third-order valence-electron chi connectivity index (χ3n) is 6.74. The van der Waals surface area contributed by atoms with Crippen molar-refractivity contribution >= 4 is 17.3 Å². The van der Waals surface area contributed by atoms with Crippen molar-refractivity contribution in [1.29, 1.82) is 0 Å². The van der Waals surface area contributed by atoms with Gasteiger partial charge in [-0.1, -0.05) is 49.4 Å². The molecule has 0 fully saturated rings. The van der Waals surface area contributed by atoms with Crippen molar-refractivity contribution in [1.82, 2.24) is 0 Å². The third-order valence-corrected chi connectivity index (χ3v) is 8.25. The van der Waals surface area contributed by atoms with E-state index in [-0.39, 0.29) is 12.5 Å². The van der Waals surface area contributed by atoms with Crippen molar-refractivity contribution in [2.24, 2.45) is 5.41 Å². The van der Waals surface area contributed by atoms with Crippen LogP contribution in [0, 0.1) is 12.3 Å².